The normalized spacial score (nSPS) is 10.6. The first-order valence-electron chi connectivity index (χ1n) is 4.78. The molecule has 1 rings (SSSR count). The number of nitrogens with two attached hydrogens (primary N) is 1. The van der Waals surface area contributed by atoms with Crippen LogP contribution in [0, 0.1) is 12.7 Å². The van der Waals surface area contributed by atoms with E-state index in [0.29, 0.717) is 13.0 Å². The third kappa shape index (κ3) is 2.53. The average Bonchev–Trinajstić information content (AvgIpc) is 2.17. The van der Waals surface area contributed by atoms with Gasteiger partial charge in [0.15, 0.2) is 0 Å². The van der Waals surface area contributed by atoms with Crippen molar-refractivity contribution in [1.82, 2.24) is 0 Å². The summed E-state index contributed by atoms with van der Waals surface area (Å²) in [6, 6.07) is 3.47. The maximum Gasteiger partial charge on any atom is 0.126 e. The summed E-state index contributed by atoms with van der Waals surface area (Å²) in [5.74, 6) is 4.83. The van der Waals surface area contributed by atoms with Gasteiger partial charge in [0.2, 0.25) is 0 Å². The highest BCUT2D eigenvalue weighted by molar-refractivity contribution is 5.32. The minimum atomic E-state index is -0.123. The van der Waals surface area contributed by atoms with E-state index < -0.39 is 0 Å². The first-order chi connectivity index (χ1) is 6.69. The first kappa shape index (κ1) is 11.1. The lowest BCUT2D eigenvalue weighted by molar-refractivity contribution is 0.141. The minimum absolute atomic E-state index is 0.123. The second-order valence-electron chi connectivity index (χ2n) is 3.34. The Morgan fingerprint density at radius 1 is 1.36 bits per heavy atom. The van der Waals surface area contributed by atoms with E-state index in [4.69, 9.17) is 5.90 Å². The van der Waals surface area contributed by atoms with Crippen LogP contribution in [0.15, 0.2) is 12.1 Å². The van der Waals surface area contributed by atoms with Gasteiger partial charge in [0.05, 0.1) is 6.61 Å². The van der Waals surface area contributed by atoms with E-state index in [1.54, 1.807) is 6.07 Å². The molecule has 0 unspecified atom stereocenters. The molecule has 2 N–H and O–H groups in total. The molecule has 0 saturated carbocycles. The Kier molecular flexibility index (Phi) is 4.04. The number of benzene rings is 1. The molecule has 0 spiro atoms. The molecule has 0 heterocycles. The fraction of sp³-hybridized carbons (Fsp3) is 0.455. The molecule has 0 aliphatic heterocycles. The van der Waals surface area contributed by atoms with Gasteiger partial charge in [-0.2, -0.15) is 0 Å². The van der Waals surface area contributed by atoms with Gasteiger partial charge in [0, 0.05) is 0 Å². The molecule has 78 valence electrons. The van der Waals surface area contributed by atoms with Gasteiger partial charge in [-0.25, -0.2) is 10.3 Å². The predicted octanol–water partition coefficient (Wildman–Crippen LogP) is 2.13. The van der Waals surface area contributed by atoms with Gasteiger partial charge in [0.1, 0.15) is 5.82 Å². The fourth-order valence-electron chi connectivity index (χ4n) is 1.48. The van der Waals surface area contributed by atoms with Gasteiger partial charge in [-0.1, -0.05) is 13.0 Å². The molecule has 0 aliphatic rings. The molecule has 2 nitrogen and oxygen atoms in total. The Morgan fingerprint density at radius 2 is 2.07 bits per heavy atom. The average molecular weight is 197 g/mol. The van der Waals surface area contributed by atoms with Crippen molar-refractivity contribution in [3.63, 3.8) is 0 Å². The van der Waals surface area contributed by atoms with Crippen molar-refractivity contribution in [3.8, 4) is 0 Å². The monoisotopic (exact) mass is 197 g/mol. The fourth-order valence-corrected chi connectivity index (χ4v) is 1.48. The van der Waals surface area contributed by atoms with Crippen LogP contribution in [0.2, 0.25) is 0 Å². The zero-order valence-corrected chi connectivity index (χ0v) is 8.64. The summed E-state index contributed by atoms with van der Waals surface area (Å²) < 4.78 is 13.3. The molecule has 0 radical (unpaired) electrons. The minimum Gasteiger partial charge on any atom is -0.304 e. The lowest BCUT2D eigenvalue weighted by Gasteiger charge is -2.08. The van der Waals surface area contributed by atoms with Crippen LogP contribution in [0.5, 0.6) is 0 Å². The summed E-state index contributed by atoms with van der Waals surface area (Å²) in [5.41, 5.74) is 2.81. The summed E-state index contributed by atoms with van der Waals surface area (Å²) in [7, 11) is 0. The first-order valence-corrected chi connectivity index (χ1v) is 4.78. The lowest BCUT2D eigenvalue weighted by Crippen LogP contribution is -2.05. The molecule has 1 aromatic rings. The zero-order chi connectivity index (χ0) is 10.6. The molecule has 0 amide bonds. The van der Waals surface area contributed by atoms with Crippen molar-refractivity contribution >= 4 is 0 Å². The molecule has 0 fully saturated rings. The third-order valence-corrected chi connectivity index (χ3v) is 2.38. The van der Waals surface area contributed by atoms with Gasteiger partial charge in [-0.15, -0.1) is 0 Å². The smallest absolute Gasteiger partial charge is 0.126 e. The highest BCUT2D eigenvalue weighted by atomic mass is 19.1. The second kappa shape index (κ2) is 5.08. The summed E-state index contributed by atoms with van der Waals surface area (Å²) in [5, 5.41) is 0. The van der Waals surface area contributed by atoms with E-state index in [-0.39, 0.29) is 5.82 Å². The predicted molar refractivity (Wildman–Crippen MR) is 54.4 cm³/mol. The van der Waals surface area contributed by atoms with Crippen LogP contribution in [0.3, 0.4) is 0 Å². The highest BCUT2D eigenvalue weighted by Crippen LogP contribution is 2.16. The molecular weight excluding hydrogens is 181 g/mol. The van der Waals surface area contributed by atoms with Gasteiger partial charge < -0.3 is 4.84 Å². The van der Waals surface area contributed by atoms with Crippen molar-refractivity contribution in [2.75, 3.05) is 6.61 Å². The molecule has 14 heavy (non-hydrogen) atoms. The second-order valence-corrected chi connectivity index (χ2v) is 3.34. The number of hydrogen-bond donors (Lipinski definition) is 1. The van der Waals surface area contributed by atoms with Crippen LogP contribution in [0.1, 0.15) is 23.6 Å². The van der Waals surface area contributed by atoms with Gasteiger partial charge >= 0.3 is 0 Å². The van der Waals surface area contributed by atoms with E-state index in [9.17, 15) is 4.39 Å². The van der Waals surface area contributed by atoms with Crippen molar-refractivity contribution in [2.24, 2.45) is 5.90 Å². The summed E-state index contributed by atoms with van der Waals surface area (Å²) in [6.07, 6.45) is 1.44. The van der Waals surface area contributed by atoms with Crippen LogP contribution in [0.25, 0.3) is 0 Å². The molecule has 1 aromatic carbocycles. The molecule has 0 aliphatic carbocycles. The molecule has 0 saturated heterocycles. The number of halogens is 1. The van der Waals surface area contributed by atoms with E-state index in [2.05, 4.69) is 4.84 Å². The summed E-state index contributed by atoms with van der Waals surface area (Å²) in [6.45, 7) is 4.31. The Balaban J connectivity index is 2.92. The van der Waals surface area contributed by atoms with Crippen molar-refractivity contribution < 1.29 is 9.23 Å². The maximum absolute atomic E-state index is 13.3. The van der Waals surface area contributed by atoms with Gasteiger partial charge in [0.25, 0.3) is 0 Å². The lowest BCUT2D eigenvalue weighted by atomic mass is 10.0. The molecule has 0 bridgehead atoms. The Hall–Kier alpha value is -0.930. The Labute approximate surface area is 83.8 Å². The number of hydrogen-bond acceptors (Lipinski definition) is 2. The highest BCUT2D eigenvalue weighted by Gasteiger charge is 2.05. The third-order valence-electron chi connectivity index (χ3n) is 2.38. The number of rotatable bonds is 4. The van der Waals surface area contributed by atoms with Crippen LogP contribution in [0.4, 0.5) is 4.39 Å². The van der Waals surface area contributed by atoms with Crippen LogP contribution >= 0.6 is 0 Å². The van der Waals surface area contributed by atoms with Crippen molar-refractivity contribution in [1.29, 1.82) is 0 Å². The topological polar surface area (TPSA) is 35.2 Å². The Bertz CT molecular complexity index is 312. The quantitative estimate of drug-likeness (QED) is 0.750. The van der Waals surface area contributed by atoms with Crippen molar-refractivity contribution in [2.45, 2.75) is 26.7 Å². The van der Waals surface area contributed by atoms with E-state index >= 15 is 0 Å². The zero-order valence-electron chi connectivity index (χ0n) is 8.64. The van der Waals surface area contributed by atoms with E-state index in [1.807, 2.05) is 19.9 Å². The number of aryl methyl sites for hydroxylation is 2. The van der Waals surface area contributed by atoms with Gasteiger partial charge in [-0.05, 0) is 42.5 Å². The van der Waals surface area contributed by atoms with E-state index in [0.717, 1.165) is 23.1 Å². The molecule has 3 heteroatoms. The molecular formula is C11H16FNO. The standard InChI is InChI=1S/C11H16FNO/c1-3-9-7-10(4-5-14-13)8(2)6-11(9)12/h6-7H,3-5,13H2,1-2H3. The maximum atomic E-state index is 13.3. The SMILES string of the molecule is CCc1cc(CCON)c(C)cc1F. The van der Waals surface area contributed by atoms with Crippen LogP contribution in [-0.4, -0.2) is 6.61 Å². The Morgan fingerprint density at radius 3 is 2.64 bits per heavy atom. The van der Waals surface area contributed by atoms with Gasteiger partial charge in [-0.3, -0.25) is 0 Å². The van der Waals surface area contributed by atoms with Crippen LogP contribution < -0.4 is 5.90 Å². The van der Waals surface area contributed by atoms with Crippen LogP contribution in [-0.2, 0) is 17.7 Å². The molecule has 0 atom stereocenters. The largest absolute Gasteiger partial charge is 0.304 e. The van der Waals surface area contributed by atoms with Crippen molar-refractivity contribution in [3.05, 3.63) is 34.6 Å². The molecule has 0 aromatic heterocycles. The van der Waals surface area contributed by atoms with E-state index in [1.165, 1.54) is 0 Å². The summed E-state index contributed by atoms with van der Waals surface area (Å²) >= 11 is 0. The summed E-state index contributed by atoms with van der Waals surface area (Å²) in [4.78, 5) is 4.51.